The zero-order chi connectivity index (χ0) is 13.7. The van der Waals surface area contributed by atoms with Gasteiger partial charge in [-0.2, -0.15) is 5.26 Å². The lowest BCUT2D eigenvalue weighted by Crippen LogP contribution is -2.11. The van der Waals surface area contributed by atoms with Gasteiger partial charge in [0.2, 0.25) is 0 Å². The van der Waals surface area contributed by atoms with E-state index in [1.807, 2.05) is 18.2 Å². The summed E-state index contributed by atoms with van der Waals surface area (Å²) in [5.41, 5.74) is 1.74. The first-order valence-corrected chi connectivity index (χ1v) is 6.52. The molecule has 0 amide bonds. The Balaban J connectivity index is 1.85. The lowest BCUT2D eigenvalue weighted by atomic mass is 10.1. The van der Waals surface area contributed by atoms with Crippen LogP contribution in [0.3, 0.4) is 0 Å². The van der Waals surface area contributed by atoms with Gasteiger partial charge in [-0.1, -0.05) is 12.1 Å². The molecule has 1 aromatic heterocycles. The van der Waals surface area contributed by atoms with E-state index in [1.165, 1.54) is 11.3 Å². The van der Waals surface area contributed by atoms with Crippen molar-refractivity contribution in [2.75, 3.05) is 0 Å². The molecule has 2 aromatic rings. The summed E-state index contributed by atoms with van der Waals surface area (Å²) in [6, 6.07) is 12.9. The summed E-state index contributed by atoms with van der Waals surface area (Å²) in [5, 5.41) is 20.7. The molecule has 4 nitrogen and oxygen atoms in total. The van der Waals surface area contributed by atoms with Crippen molar-refractivity contribution in [3.05, 3.63) is 57.3 Å². The Kier molecular flexibility index (Phi) is 4.29. The Morgan fingerprint density at radius 2 is 1.95 bits per heavy atom. The van der Waals surface area contributed by atoms with Crippen molar-refractivity contribution >= 4 is 17.3 Å². The third-order valence-electron chi connectivity index (χ3n) is 2.58. The summed E-state index contributed by atoms with van der Waals surface area (Å²) in [7, 11) is 0. The molecule has 0 aliphatic carbocycles. The highest BCUT2D eigenvalue weighted by Crippen LogP contribution is 2.16. The molecular weight excluding hydrogens is 260 g/mol. The van der Waals surface area contributed by atoms with Crippen molar-refractivity contribution in [2.24, 2.45) is 0 Å². The zero-order valence-corrected chi connectivity index (χ0v) is 10.9. The molecule has 0 aliphatic heterocycles. The Labute approximate surface area is 114 Å². The Morgan fingerprint density at radius 1 is 1.21 bits per heavy atom. The maximum Gasteiger partial charge on any atom is 0.345 e. The van der Waals surface area contributed by atoms with Gasteiger partial charge in [0, 0.05) is 18.0 Å². The SMILES string of the molecule is N#Cc1ccc(CNCc2ccc(C(=O)O)s2)cc1. The molecule has 2 rings (SSSR count). The second-order valence-corrected chi connectivity index (χ2v) is 5.15. The van der Waals surface area contributed by atoms with Gasteiger partial charge in [-0.25, -0.2) is 4.79 Å². The van der Waals surface area contributed by atoms with E-state index in [1.54, 1.807) is 18.2 Å². The zero-order valence-electron chi connectivity index (χ0n) is 10.1. The summed E-state index contributed by atoms with van der Waals surface area (Å²) in [5.74, 6) is -0.886. The highest BCUT2D eigenvalue weighted by Gasteiger charge is 2.06. The van der Waals surface area contributed by atoms with Crippen LogP contribution in [0.5, 0.6) is 0 Å². The molecule has 0 saturated carbocycles. The van der Waals surface area contributed by atoms with Gasteiger partial charge in [0.1, 0.15) is 4.88 Å². The highest BCUT2D eigenvalue weighted by molar-refractivity contribution is 7.13. The number of nitrogens with one attached hydrogen (secondary N) is 1. The van der Waals surface area contributed by atoms with E-state index in [2.05, 4.69) is 11.4 Å². The fourth-order valence-corrected chi connectivity index (χ4v) is 2.43. The van der Waals surface area contributed by atoms with Crippen molar-refractivity contribution in [3.63, 3.8) is 0 Å². The fourth-order valence-electron chi connectivity index (χ4n) is 1.62. The van der Waals surface area contributed by atoms with Crippen LogP contribution in [-0.2, 0) is 13.1 Å². The molecule has 2 N–H and O–H groups in total. The first kappa shape index (κ1) is 13.3. The maximum atomic E-state index is 10.7. The summed E-state index contributed by atoms with van der Waals surface area (Å²) < 4.78 is 0. The predicted octanol–water partition coefficient (Wildman–Crippen LogP) is 2.61. The van der Waals surface area contributed by atoms with Crippen LogP contribution in [0.4, 0.5) is 0 Å². The van der Waals surface area contributed by atoms with E-state index in [0.29, 0.717) is 23.5 Å². The number of hydrogen-bond donors (Lipinski definition) is 2. The first-order chi connectivity index (χ1) is 9.19. The van der Waals surface area contributed by atoms with Gasteiger partial charge in [0.25, 0.3) is 0 Å². The molecule has 0 bridgehead atoms. The lowest BCUT2D eigenvalue weighted by Gasteiger charge is -2.03. The maximum absolute atomic E-state index is 10.7. The number of carboxylic acids is 1. The van der Waals surface area contributed by atoms with Crippen LogP contribution in [0.25, 0.3) is 0 Å². The summed E-state index contributed by atoms with van der Waals surface area (Å²) in [6.07, 6.45) is 0. The van der Waals surface area contributed by atoms with Crippen molar-refractivity contribution in [3.8, 4) is 6.07 Å². The van der Waals surface area contributed by atoms with Crippen LogP contribution in [-0.4, -0.2) is 11.1 Å². The van der Waals surface area contributed by atoms with E-state index < -0.39 is 5.97 Å². The van der Waals surface area contributed by atoms with Gasteiger partial charge >= 0.3 is 5.97 Å². The molecule has 1 heterocycles. The molecule has 19 heavy (non-hydrogen) atoms. The smallest absolute Gasteiger partial charge is 0.345 e. The summed E-state index contributed by atoms with van der Waals surface area (Å²) in [4.78, 5) is 12.1. The van der Waals surface area contributed by atoms with Crippen LogP contribution >= 0.6 is 11.3 Å². The van der Waals surface area contributed by atoms with E-state index in [0.717, 1.165) is 10.4 Å². The van der Waals surface area contributed by atoms with E-state index in [-0.39, 0.29) is 0 Å². The van der Waals surface area contributed by atoms with E-state index >= 15 is 0 Å². The number of rotatable bonds is 5. The standard InChI is InChI=1S/C14H12N2O2S/c15-7-10-1-3-11(4-2-10)8-16-9-12-5-6-13(19-12)14(17)18/h1-6,16H,8-9H2,(H,17,18). The minimum Gasteiger partial charge on any atom is -0.477 e. The second-order valence-electron chi connectivity index (χ2n) is 3.98. The average molecular weight is 272 g/mol. The lowest BCUT2D eigenvalue weighted by molar-refractivity contribution is 0.0702. The molecule has 0 spiro atoms. The molecule has 0 atom stereocenters. The largest absolute Gasteiger partial charge is 0.477 e. The van der Waals surface area contributed by atoms with Crippen LogP contribution < -0.4 is 5.32 Å². The Morgan fingerprint density at radius 3 is 2.53 bits per heavy atom. The van der Waals surface area contributed by atoms with Gasteiger partial charge in [-0.05, 0) is 29.8 Å². The van der Waals surface area contributed by atoms with E-state index in [4.69, 9.17) is 10.4 Å². The third kappa shape index (κ3) is 3.65. The summed E-state index contributed by atoms with van der Waals surface area (Å²) in [6.45, 7) is 1.32. The second kappa shape index (κ2) is 6.14. The number of thiophene rings is 1. The normalized spacial score (nSPS) is 10.1. The third-order valence-corrected chi connectivity index (χ3v) is 3.66. The molecule has 0 fully saturated rings. The minimum atomic E-state index is -0.886. The van der Waals surface area contributed by atoms with Crippen molar-refractivity contribution in [1.29, 1.82) is 5.26 Å². The van der Waals surface area contributed by atoms with Gasteiger partial charge < -0.3 is 10.4 Å². The number of nitriles is 1. The fraction of sp³-hybridized carbons (Fsp3) is 0.143. The predicted molar refractivity (Wildman–Crippen MR) is 73.0 cm³/mol. The number of hydrogen-bond acceptors (Lipinski definition) is 4. The molecule has 0 saturated heterocycles. The summed E-state index contributed by atoms with van der Waals surface area (Å²) >= 11 is 1.28. The van der Waals surface area contributed by atoms with Gasteiger partial charge in [0.05, 0.1) is 11.6 Å². The van der Waals surface area contributed by atoms with Crippen molar-refractivity contribution in [1.82, 2.24) is 5.32 Å². The average Bonchev–Trinajstić information content (AvgIpc) is 2.89. The molecule has 1 aromatic carbocycles. The van der Waals surface area contributed by atoms with Crippen molar-refractivity contribution in [2.45, 2.75) is 13.1 Å². The van der Waals surface area contributed by atoms with Crippen molar-refractivity contribution < 1.29 is 9.90 Å². The number of carboxylic acid groups (broad SMARTS) is 1. The van der Waals surface area contributed by atoms with Crippen LogP contribution in [0, 0.1) is 11.3 Å². The number of carbonyl (C=O) groups is 1. The Bertz CT molecular complexity index is 611. The van der Waals surface area contributed by atoms with Crippen LogP contribution in [0.1, 0.15) is 25.7 Å². The van der Waals surface area contributed by atoms with Gasteiger partial charge in [0.15, 0.2) is 0 Å². The highest BCUT2D eigenvalue weighted by atomic mass is 32.1. The molecular formula is C14H12N2O2S. The van der Waals surface area contributed by atoms with Gasteiger partial charge in [-0.3, -0.25) is 0 Å². The molecule has 5 heteroatoms. The number of aromatic carboxylic acids is 1. The topological polar surface area (TPSA) is 73.1 Å². The number of benzene rings is 1. The van der Waals surface area contributed by atoms with E-state index in [9.17, 15) is 4.79 Å². The first-order valence-electron chi connectivity index (χ1n) is 5.71. The van der Waals surface area contributed by atoms with Gasteiger partial charge in [-0.15, -0.1) is 11.3 Å². The van der Waals surface area contributed by atoms with Crippen LogP contribution in [0.15, 0.2) is 36.4 Å². The minimum absolute atomic E-state index is 0.357. The molecule has 0 unspecified atom stereocenters. The molecule has 0 aliphatic rings. The Hall–Kier alpha value is -2.16. The molecule has 0 radical (unpaired) electrons. The van der Waals surface area contributed by atoms with Crippen LogP contribution in [0.2, 0.25) is 0 Å². The quantitative estimate of drug-likeness (QED) is 0.877. The molecule has 96 valence electrons. The number of nitrogens with zero attached hydrogens (tertiary/aromatic N) is 1. The monoisotopic (exact) mass is 272 g/mol.